The van der Waals surface area contributed by atoms with Gasteiger partial charge in [-0.05, 0) is 23.8 Å². The Labute approximate surface area is 177 Å². The van der Waals surface area contributed by atoms with Crippen molar-refractivity contribution in [2.45, 2.75) is 6.42 Å². The average molecular weight is 409 g/mol. The highest BCUT2D eigenvalue weighted by molar-refractivity contribution is 5.62. The molecule has 6 heterocycles. The van der Waals surface area contributed by atoms with Gasteiger partial charge in [0.1, 0.15) is 5.65 Å². The zero-order chi connectivity index (χ0) is 20.9. The molecule has 0 spiro atoms. The molecule has 9 heteroatoms. The van der Waals surface area contributed by atoms with E-state index >= 15 is 0 Å². The summed E-state index contributed by atoms with van der Waals surface area (Å²) in [5.74, 6) is 0. The molecule has 0 aliphatic heterocycles. The van der Waals surface area contributed by atoms with Gasteiger partial charge in [-0.3, -0.25) is 13.8 Å². The number of rotatable bonds is 4. The number of pyridine rings is 1. The third-order valence-corrected chi connectivity index (χ3v) is 5.39. The van der Waals surface area contributed by atoms with E-state index in [1.807, 2.05) is 74.0 Å². The first-order valence-corrected chi connectivity index (χ1v) is 9.92. The van der Waals surface area contributed by atoms with Crippen LogP contribution in [0.1, 0.15) is 11.3 Å². The highest BCUT2D eigenvalue weighted by atomic mass is 15.3. The summed E-state index contributed by atoms with van der Waals surface area (Å²) < 4.78 is 7.57. The van der Waals surface area contributed by atoms with Crippen LogP contribution in [0.2, 0.25) is 0 Å². The van der Waals surface area contributed by atoms with E-state index in [0.717, 1.165) is 45.1 Å². The van der Waals surface area contributed by atoms with Gasteiger partial charge in [0, 0.05) is 50.2 Å². The van der Waals surface area contributed by atoms with E-state index in [9.17, 15) is 0 Å². The molecule has 0 amide bonds. The Morgan fingerprint density at radius 3 is 2.26 bits per heavy atom. The van der Waals surface area contributed by atoms with E-state index < -0.39 is 0 Å². The van der Waals surface area contributed by atoms with Gasteiger partial charge in [0.25, 0.3) is 0 Å². The van der Waals surface area contributed by atoms with Crippen molar-refractivity contribution >= 4 is 11.3 Å². The van der Waals surface area contributed by atoms with Crippen LogP contribution in [0.15, 0.2) is 67.6 Å². The fourth-order valence-electron chi connectivity index (χ4n) is 3.85. The standard InChI is InChI=1S/C22H19N9/c1-28-13-16(8-25-28)19-4-6-22-23-10-18(31(22)27-19)7-15-3-5-21-24-11-20(30(21)12-15)17-9-26-29(2)14-17/h3-6,8-14H,7H2,1-2H3. The minimum atomic E-state index is 0.700. The van der Waals surface area contributed by atoms with Gasteiger partial charge in [-0.2, -0.15) is 15.3 Å². The highest BCUT2D eigenvalue weighted by Crippen LogP contribution is 2.22. The van der Waals surface area contributed by atoms with Crippen molar-refractivity contribution in [2.75, 3.05) is 0 Å². The first-order chi connectivity index (χ1) is 15.1. The van der Waals surface area contributed by atoms with Crippen LogP contribution in [0, 0.1) is 0 Å². The molecule has 0 N–H and O–H groups in total. The van der Waals surface area contributed by atoms with Crippen molar-refractivity contribution in [1.82, 2.24) is 43.5 Å². The van der Waals surface area contributed by atoms with Crippen molar-refractivity contribution in [3.8, 4) is 22.5 Å². The monoisotopic (exact) mass is 409 g/mol. The molecule has 0 fully saturated rings. The summed E-state index contributed by atoms with van der Waals surface area (Å²) in [6, 6.07) is 8.09. The number of fused-ring (bicyclic) bond motifs is 2. The highest BCUT2D eigenvalue weighted by Gasteiger charge is 2.12. The fraction of sp³-hybridized carbons (Fsp3) is 0.136. The van der Waals surface area contributed by atoms with Crippen LogP contribution >= 0.6 is 0 Å². The lowest BCUT2D eigenvalue weighted by Crippen LogP contribution is -2.01. The Morgan fingerprint density at radius 2 is 1.48 bits per heavy atom. The Kier molecular flexibility index (Phi) is 3.76. The Morgan fingerprint density at radius 1 is 0.742 bits per heavy atom. The first-order valence-electron chi connectivity index (χ1n) is 9.92. The number of hydrogen-bond donors (Lipinski definition) is 0. The smallest absolute Gasteiger partial charge is 0.153 e. The van der Waals surface area contributed by atoms with Crippen molar-refractivity contribution in [2.24, 2.45) is 14.1 Å². The topological polar surface area (TPSA) is 83.1 Å². The predicted octanol–water partition coefficient (Wildman–Crippen LogP) is 2.77. The van der Waals surface area contributed by atoms with Crippen LogP contribution < -0.4 is 0 Å². The quantitative estimate of drug-likeness (QED) is 0.447. The maximum atomic E-state index is 4.81. The SMILES string of the molecule is Cn1cc(-c2ccc3ncc(Cc4ccc5ncc(-c6cnn(C)c6)n5c4)n3n2)cn1. The molecule has 0 aromatic carbocycles. The van der Waals surface area contributed by atoms with Crippen LogP contribution in [0.3, 0.4) is 0 Å². The van der Waals surface area contributed by atoms with E-state index in [2.05, 4.69) is 36.8 Å². The molecule has 0 aliphatic carbocycles. The molecule has 6 rings (SSSR count). The summed E-state index contributed by atoms with van der Waals surface area (Å²) in [5.41, 5.74) is 7.77. The van der Waals surface area contributed by atoms with Crippen LogP contribution in [-0.4, -0.2) is 43.5 Å². The van der Waals surface area contributed by atoms with Crippen molar-refractivity contribution in [3.05, 3.63) is 78.9 Å². The van der Waals surface area contributed by atoms with Gasteiger partial charge >= 0.3 is 0 Å². The molecule has 0 aliphatic rings. The number of imidazole rings is 2. The molecule has 0 bridgehead atoms. The molecular formula is C22H19N9. The van der Waals surface area contributed by atoms with Crippen molar-refractivity contribution < 1.29 is 0 Å². The van der Waals surface area contributed by atoms with E-state index in [1.54, 1.807) is 9.36 Å². The molecule has 6 aromatic heterocycles. The lowest BCUT2D eigenvalue weighted by atomic mass is 10.1. The summed E-state index contributed by atoms with van der Waals surface area (Å²) in [6.07, 6.45) is 14.2. The Hall–Kier alpha value is -4.27. The summed E-state index contributed by atoms with van der Waals surface area (Å²) in [5, 5.41) is 13.3. The number of nitrogens with zero attached hydrogens (tertiary/aromatic N) is 9. The third-order valence-electron chi connectivity index (χ3n) is 5.39. The van der Waals surface area contributed by atoms with Gasteiger partial charge in [-0.15, -0.1) is 0 Å². The van der Waals surface area contributed by atoms with E-state index in [-0.39, 0.29) is 0 Å². The largest absolute Gasteiger partial charge is 0.299 e. The minimum Gasteiger partial charge on any atom is -0.299 e. The van der Waals surface area contributed by atoms with Crippen molar-refractivity contribution in [3.63, 3.8) is 0 Å². The fourth-order valence-corrected chi connectivity index (χ4v) is 3.85. The average Bonchev–Trinajstić information content (AvgIpc) is 3.55. The van der Waals surface area contributed by atoms with Gasteiger partial charge in [0.2, 0.25) is 0 Å². The van der Waals surface area contributed by atoms with Gasteiger partial charge in [0.15, 0.2) is 5.65 Å². The van der Waals surface area contributed by atoms with Gasteiger partial charge in [-0.25, -0.2) is 14.5 Å². The second kappa shape index (κ2) is 6.63. The number of hydrogen-bond acceptors (Lipinski definition) is 5. The second-order valence-electron chi connectivity index (χ2n) is 7.63. The Bertz CT molecular complexity index is 1550. The maximum absolute atomic E-state index is 4.81. The molecule has 0 radical (unpaired) electrons. The van der Waals surface area contributed by atoms with Crippen LogP contribution in [-0.2, 0) is 20.5 Å². The molecule has 152 valence electrons. The van der Waals surface area contributed by atoms with E-state index in [1.165, 1.54) is 0 Å². The Balaban J connectivity index is 1.39. The second-order valence-corrected chi connectivity index (χ2v) is 7.63. The van der Waals surface area contributed by atoms with Crippen molar-refractivity contribution in [1.29, 1.82) is 0 Å². The van der Waals surface area contributed by atoms with Crippen LogP contribution in [0.25, 0.3) is 33.8 Å². The molecule has 6 aromatic rings. The first kappa shape index (κ1) is 17.6. The predicted molar refractivity (Wildman–Crippen MR) is 115 cm³/mol. The van der Waals surface area contributed by atoms with Crippen LogP contribution in [0.4, 0.5) is 0 Å². The maximum Gasteiger partial charge on any atom is 0.153 e. The molecule has 0 saturated carbocycles. The molecular weight excluding hydrogens is 390 g/mol. The normalized spacial score (nSPS) is 11.7. The minimum absolute atomic E-state index is 0.700. The third kappa shape index (κ3) is 2.98. The lowest BCUT2D eigenvalue weighted by molar-refractivity contribution is 0.768. The van der Waals surface area contributed by atoms with E-state index in [4.69, 9.17) is 5.10 Å². The number of aromatic nitrogens is 9. The van der Waals surface area contributed by atoms with Crippen LogP contribution in [0.5, 0.6) is 0 Å². The molecule has 0 atom stereocenters. The molecule has 9 nitrogen and oxygen atoms in total. The van der Waals surface area contributed by atoms with Gasteiger partial charge in [0.05, 0.1) is 41.9 Å². The lowest BCUT2D eigenvalue weighted by Gasteiger charge is -2.06. The molecule has 0 unspecified atom stereocenters. The summed E-state index contributed by atoms with van der Waals surface area (Å²) in [6.45, 7) is 0. The number of aryl methyl sites for hydroxylation is 2. The van der Waals surface area contributed by atoms with E-state index in [0.29, 0.717) is 6.42 Å². The molecule has 0 saturated heterocycles. The summed E-state index contributed by atoms with van der Waals surface area (Å²) >= 11 is 0. The van der Waals surface area contributed by atoms with Gasteiger partial charge in [-0.1, -0.05) is 6.07 Å². The summed E-state index contributed by atoms with van der Waals surface area (Å²) in [4.78, 5) is 9.05. The zero-order valence-corrected chi connectivity index (χ0v) is 17.1. The summed E-state index contributed by atoms with van der Waals surface area (Å²) in [7, 11) is 3.81. The molecule has 31 heavy (non-hydrogen) atoms. The van der Waals surface area contributed by atoms with Gasteiger partial charge < -0.3 is 0 Å². The zero-order valence-electron chi connectivity index (χ0n) is 17.1.